The lowest BCUT2D eigenvalue weighted by Gasteiger charge is -2.19. The number of carbonyl (C=O) groups excluding carboxylic acids is 1. The standard InChI is InChI=1S/C17H19N5O2/c1-2-22-10-12(9-19-22)16-14(6-7-24-16)20-17(23)13-5-3-4-11-8-18-21-15(11)13/h3-5,8-10,14,16H,2,6-7H2,1H3,(H,18,21)(H,20,23)/t14-,16+/m0/s1. The molecule has 24 heavy (non-hydrogen) atoms. The van der Waals surface area contributed by atoms with Crippen LogP contribution in [0.3, 0.4) is 0 Å². The normalized spacial score (nSPS) is 20.5. The van der Waals surface area contributed by atoms with Crippen LogP contribution in [0.15, 0.2) is 36.8 Å². The van der Waals surface area contributed by atoms with E-state index >= 15 is 0 Å². The second-order valence-corrected chi connectivity index (χ2v) is 5.93. The van der Waals surface area contributed by atoms with E-state index < -0.39 is 0 Å². The number of ether oxygens (including phenoxy) is 1. The van der Waals surface area contributed by atoms with Gasteiger partial charge >= 0.3 is 0 Å². The van der Waals surface area contributed by atoms with Crippen molar-refractivity contribution in [2.75, 3.05) is 6.61 Å². The van der Waals surface area contributed by atoms with Crippen molar-refractivity contribution in [1.82, 2.24) is 25.3 Å². The number of H-pyrrole nitrogens is 1. The van der Waals surface area contributed by atoms with Gasteiger partial charge in [0, 0.05) is 30.3 Å². The average molecular weight is 325 g/mol. The van der Waals surface area contributed by atoms with Gasteiger partial charge in [-0.2, -0.15) is 10.2 Å². The number of aryl methyl sites for hydroxylation is 1. The van der Waals surface area contributed by atoms with E-state index in [1.165, 1.54) is 0 Å². The summed E-state index contributed by atoms with van der Waals surface area (Å²) in [6.45, 7) is 3.48. The Kier molecular flexibility index (Phi) is 3.78. The number of hydrogen-bond donors (Lipinski definition) is 2. The number of nitrogens with zero attached hydrogens (tertiary/aromatic N) is 3. The maximum Gasteiger partial charge on any atom is 0.253 e. The van der Waals surface area contributed by atoms with Crippen LogP contribution in [-0.4, -0.2) is 38.5 Å². The Morgan fingerprint density at radius 2 is 2.38 bits per heavy atom. The fourth-order valence-corrected chi connectivity index (χ4v) is 3.17. The molecule has 0 unspecified atom stereocenters. The van der Waals surface area contributed by atoms with Gasteiger partial charge in [-0.3, -0.25) is 14.6 Å². The lowest BCUT2D eigenvalue weighted by atomic mass is 10.0. The minimum atomic E-state index is -0.157. The molecule has 1 aromatic carbocycles. The highest BCUT2D eigenvalue weighted by Crippen LogP contribution is 2.29. The second kappa shape index (κ2) is 6.09. The number of benzene rings is 1. The molecule has 1 fully saturated rings. The van der Waals surface area contributed by atoms with Gasteiger partial charge < -0.3 is 10.1 Å². The molecule has 0 radical (unpaired) electrons. The Morgan fingerprint density at radius 3 is 3.21 bits per heavy atom. The molecule has 2 N–H and O–H groups in total. The van der Waals surface area contributed by atoms with Crippen molar-refractivity contribution in [2.24, 2.45) is 0 Å². The maximum atomic E-state index is 12.7. The molecule has 0 bridgehead atoms. The van der Waals surface area contributed by atoms with Crippen molar-refractivity contribution in [3.8, 4) is 0 Å². The first kappa shape index (κ1) is 14.9. The van der Waals surface area contributed by atoms with Crippen molar-refractivity contribution in [3.05, 3.63) is 47.9 Å². The number of amides is 1. The molecule has 2 aromatic heterocycles. The lowest BCUT2D eigenvalue weighted by Crippen LogP contribution is -2.36. The maximum absolute atomic E-state index is 12.7. The van der Waals surface area contributed by atoms with Gasteiger partial charge in [-0.15, -0.1) is 0 Å². The van der Waals surface area contributed by atoms with Gasteiger partial charge in [0.05, 0.1) is 29.5 Å². The zero-order chi connectivity index (χ0) is 16.5. The molecule has 1 aliphatic heterocycles. The monoisotopic (exact) mass is 325 g/mol. The Hall–Kier alpha value is -2.67. The van der Waals surface area contributed by atoms with Crippen LogP contribution in [0.5, 0.6) is 0 Å². The van der Waals surface area contributed by atoms with E-state index in [1.807, 2.05) is 36.1 Å². The summed E-state index contributed by atoms with van der Waals surface area (Å²) >= 11 is 0. The summed E-state index contributed by atoms with van der Waals surface area (Å²) in [5.74, 6) is -0.117. The van der Waals surface area contributed by atoms with E-state index in [-0.39, 0.29) is 18.1 Å². The molecule has 0 aliphatic carbocycles. The molecular formula is C17H19N5O2. The van der Waals surface area contributed by atoms with Crippen LogP contribution in [0.25, 0.3) is 10.9 Å². The molecule has 0 spiro atoms. The van der Waals surface area contributed by atoms with Crippen molar-refractivity contribution in [1.29, 1.82) is 0 Å². The molecule has 0 saturated carbocycles. The Balaban J connectivity index is 1.55. The summed E-state index contributed by atoms with van der Waals surface area (Å²) in [5.41, 5.74) is 2.35. The van der Waals surface area contributed by atoms with Gasteiger partial charge in [0.1, 0.15) is 6.10 Å². The molecule has 7 nitrogen and oxygen atoms in total. The van der Waals surface area contributed by atoms with Crippen LogP contribution in [0, 0.1) is 0 Å². The predicted octanol–water partition coefficient (Wildman–Crippen LogP) is 2.04. The third-order valence-electron chi connectivity index (χ3n) is 4.44. The van der Waals surface area contributed by atoms with Crippen molar-refractivity contribution >= 4 is 16.8 Å². The summed E-state index contributed by atoms with van der Waals surface area (Å²) in [5, 5.41) is 15.2. The van der Waals surface area contributed by atoms with Crippen LogP contribution in [-0.2, 0) is 11.3 Å². The summed E-state index contributed by atoms with van der Waals surface area (Å²) in [6, 6.07) is 5.53. The highest BCUT2D eigenvalue weighted by molar-refractivity contribution is 6.05. The summed E-state index contributed by atoms with van der Waals surface area (Å²) < 4.78 is 7.69. The molecule has 124 valence electrons. The van der Waals surface area contributed by atoms with Crippen molar-refractivity contribution in [3.63, 3.8) is 0 Å². The van der Waals surface area contributed by atoms with Crippen LogP contribution in [0.1, 0.15) is 35.4 Å². The van der Waals surface area contributed by atoms with Gasteiger partial charge in [0.15, 0.2) is 0 Å². The van der Waals surface area contributed by atoms with Gasteiger partial charge in [0.2, 0.25) is 0 Å². The number of hydrogen-bond acceptors (Lipinski definition) is 4. The van der Waals surface area contributed by atoms with Crippen molar-refractivity contribution in [2.45, 2.75) is 32.0 Å². The summed E-state index contributed by atoms with van der Waals surface area (Å²) in [7, 11) is 0. The molecule has 1 aliphatic rings. The first-order valence-corrected chi connectivity index (χ1v) is 8.13. The molecule has 3 heterocycles. The fraction of sp³-hybridized carbons (Fsp3) is 0.353. The molecule has 1 amide bonds. The lowest BCUT2D eigenvalue weighted by molar-refractivity contribution is 0.0822. The van der Waals surface area contributed by atoms with Crippen LogP contribution in [0.4, 0.5) is 0 Å². The quantitative estimate of drug-likeness (QED) is 0.769. The van der Waals surface area contributed by atoms with E-state index in [9.17, 15) is 4.79 Å². The van der Waals surface area contributed by atoms with Gasteiger partial charge in [-0.1, -0.05) is 12.1 Å². The zero-order valence-electron chi connectivity index (χ0n) is 13.4. The third-order valence-corrected chi connectivity index (χ3v) is 4.44. The minimum Gasteiger partial charge on any atom is -0.371 e. The van der Waals surface area contributed by atoms with E-state index in [0.717, 1.165) is 29.4 Å². The number of aromatic amines is 1. The van der Waals surface area contributed by atoms with Gasteiger partial charge in [-0.05, 0) is 19.4 Å². The molecular weight excluding hydrogens is 306 g/mol. The van der Waals surface area contributed by atoms with Crippen molar-refractivity contribution < 1.29 is 9.53 Å². The van der Waals surface area contributed by atoms with E-state index in [0.29, 0.717) is 12.2 Å². The predicted molar refractivity (Wildman–Crippen MR) is 88.6 cm³/mol. The Morgan fingerprint density at radius 1 is 1.46 bits per heavy atom. The van der Waals surface area contributed by atoms with Crippen LogP contribution < -0.4 is 5.32 Å². The third kappa shape index (κ3) is 2.56. The highest BCUT2D eigenvalue weighted by Gasteiger charge is 2.32. The first-order valence-electron chi connectivity index (χ1n) is 8.13. The Bertz CT molecular complexity index is 869. The minimum absolute atomic E-state index is 0.0646. The Labute approximate surface area is 139 Å². The SMILES string of the molecule is CCn1cc([C@H]2OCC[C@@H]2NC(=O)c2cccc3cn[nH]c23)cn1. The molecule has 7 heteroatoms. The molecule has 1 saturated heterocycles. The number of fused-ring (bicyclic) bond motifs is 1. The summed E-state index contributed by atoms with van der Waals surface area (Å²) in [6.07, 6.45) is 6.13. The second-order valence-electron chi connectivity index (χ2n) is 5.93. The van der Waals surface area contributed by atoms with Crippen LogP contribution >= 0.6 is 0 Å². The molecule has 3 aromatic rings. The number of rotatable bonds is 4. The fourth-order valence-electron chi connectivity index (χ4n) is 3.17. The first-order chi connectivity index (χ1) is 11.8. The molecule has 4 rings (SSSR count). The van der Waals surface area contributed by atoms with Gasteiger partial charge in [-0.25, -0.2) is 0 Å². The van der Waals surface area contributed by atoms with Gasteiger partial charge in [0.25, 0.3) is 5.91 Å². The van der Waals surface area contributed by atoms with E-state index in [1.54, 1.807) is 12.3 Å². The number of carbonyl (C=O) groups is 1. The van der Waals surface area contributed by atoms with E-state index in [2.05, 4.69) is 20.6 Å². The average Bonchev–Trinajstić information content (AvgIpc) is 3.33. The largest absolute Gasteiger partial charge is 0.371 e. The van der Waals surface area contributed by atoms with Crippen LogP contribution in [0.2, 0.25) is 0 Å². The highest BCUT2D eigenvalue weighted by atomic mass is 16.5. The number of nitrogens with one attached hydrogen (secondary N) is 2. The van der Waals surface area contributed by atoms with E-state index in [4.69, 9.17) is 4.74 Å². The molecule has 2 atom stereocenters. The zero-order valence-corrected chi connectivity index (χ0v) is 13.4. The topological polar surface area (TPSA) is 84.8 Å². The smallest absolute Gasteiger partial charge is 0.253 e. The summed E-state index contributed by atoms with van der Waals surface area (Å²) in [4.78, 5) is 12.7. The number of aromatic nitrogens is 4. The number of para-hydroxylation sites is 1.